The van der Waals surface area contributed by atoms with Gasteiger partial charge in [-0.25, -0.2) is 4.39 Å². The van der Waals surface area contributed by atoms with Crippen LogP contribution in [0.1, 0.15) is 36.1 Å². The van der Waals surface area contributed by atoms with Gasteiger partial charge >= 0.3 is 0 Å². The Hall–Kier alpha value is -1.44. The predicted octanol–water partition coefficient (Wildman–Crippen LogP) is 2.02. The Morgan fingerprint density at radius 3 is 2.72 bits per heavy atom. The molecular weight excluding hydrogens is 229 g/mol. The van der Waals surface area contributed by atoms with E-state index in [1.165, 1.54) is 6.07 Å². The third-order valence-corrected chi connectivity index (χ3v) is 3.66. The molecule has 2 rings (SSSR count). The van der Waals surface area contributed by atoms with Crippen LogP contribution in [0.4, 0.5) is 4.39 Å². The van der Waals surface area contributed by atoms with Crippen molar-refractivity contribution in [1.29, 1.82) is 5.26 Å². The molecule has 0 radical (unpaired) electrons. The van der Waals surface area contributed by atoms with Crippen LogP contribution in [0.15, 0.2) is 12.1 Å². The molecule has 1 fully saturated rings. The summed E-state index contributed by atoms with van der Waals surface area (Å²) in [5, 5.41) is 15.9. The van der Waals surface area contributed by atoms with Crippen LogP contribution in [0.2, 0.25) is 0 Å². The molecule has 1 unspecified atom stereocenters. The van der Waals surface area contributed by atoms with Crippen molar-refractivity contribution in [2.45, 2.75) is 32.4 Å². The number of halogens is 1. The highest BCUT2D eigenvalue weighted by molar-refractivity contribution is 5.44. The molecule has 1 heterocycles. The number of nitrogens with one attached hydrogen (secondary N) is 2. The van der Waals surface area contributed by atoms with E-state index in [0.717, 1.165) is 30.6 Å². The Morgan fingerprint density at radius 2 is 2.17 bits per heavy atom. The van der Waals surface area contributed by atoms with E-state index in [-0.39, 0.29) is 11.6 Å². The molecule has 0 amide bonds. The second-order valence-corrected chi connectivity index (χ2v) is 4.72. The molecule has 0 spiro atoms. The lowest BCUT2D eigenvalue weighted by Gasteiger charge is -2.31. The maximum Gasteiger partial charge on any atom is 0.141 e. The fourth-order valence-corrected chi connectivity index (χ4v) is 2.43. The van der Waals surface area contributed by atoms with Gasteiger partial charge in [-0.1, -0.05) is 13.0 Å². The van der Waals surface area contributed by atoms with Crippen LogP contribution in [-0.2, 0) is 0 Å². The van der Waals surface area contributed by atoms with E-state index in [2.05, 4.69) is 17.6 Å². The molecule has 0 aliphatic carbocycles. The molecule has 1 aliphatic rings. The first-order valence-corrected chi connectivity index (χ1v) is 6.33. The van der Waals surface area contributed by atoms with Crippen molar-refractivity contribution in [2.24, 2.45) is 0 Å². The number of nitriles is 1. The monoisotopic (exact) mass is 247 g/mol. The first-order chi connectivity index (χ1) is 8.67. The second-order valence-electron chi connectivity index (χ2n) is 4.72. The van der Waals surface area contributed by atoms with Gasteiger partial charge in [-0.05, 0) is 30.5 Å². The Kier molecular flexibility index (Phi) is 3.95. The predicted molar refractivity (Wildman–Crippen MR) is 68.7 cm³/mol. The van der Waals surface area contributed by atoms with Gasteiger partial charge in [0.25, 0.3) is 0 Å². The zero-order valence-electron chi connectivity index (χ0n) is 10.8. The molecule has 1 saturated heterocycles. The quantitative estimate of drug-likeness (QED) is 0.840. The zero-order valence-corrected chi connectivity index (χ0v) is 10.8. The van der Waals surface area contributed by atoms with Gasteiger partial charge < -0.3 is 10.6 Å². The molecule has 0 saturated carbocycles. The summed E-state index contributed by atoms with van der Waals surface area (Å²) in [5.41, 5.74) is 1.91. The summed E-state index contributed by atoms with van der Waals surface area (Å²) in [6, 6.07) is 5.75. The lowest BCUT2D eigenvalue weighted by atomic mass is 9.95. The molecule has 0 aromatic heterocycles. The summed E-state index contributed by atoms with van der Waals surface area (Å²) in [5.74, 6) is -0.436. The number of nitrogens with zero attached hydrogens (tertiary/aromatic N) is 1. The highest BCUT2D eigenvalue weighted by atomic mass is 19.1. The van der Waals surface area contributed by atoms with E-state index in [4.69, 9.17) is 5.26 Å². The second kappa shape index (κ2) is 5.47. The lowest BCUT2D eigenvalue weighted by molar-refractivity contribution is 0.344. The maximum atomic E-state index is 13.5. The van der Waals surface area contributed by atoms with E-state index >= 15 is 0 Å². The summed E-state index contributed by atoms with van der Waals surface area (Å²) in [4.78, 5) is 0. The molecule has 0 bridgehead atoms. The summed E-state index contributed by atoms with van der Waals surface area (Å²) >= 11 is 0. The smallest absolute Gasteiger partial charge is 0.141 e. The first kappa shape index (κ1) is 13.0. The van der Waals surface area contributed by atoms with E-state index in [1.807, 2.05) is 13.0 Å². The van der Waals surface area contributed by atoms with E-state index in [0.29, 0.717) is 6.04 Å². The van der Waals surface area contributed by atoms with Crippen molar-refractivity contribution in [3.8, 4) is 6.07 Å². The Balaban J connectivity index is 2.23. The highest BCUT2D eigenvalue weighted by Crippen LogP contribution is 2.23. The van der Waals surface area contributed by atoms with Gasteiger partial charge in [-0.3, -0.25) is 0 Å². The van der Waals surface area contributed by atoms with E-state index in [9.17, 15) is 4.39 Å². The number of hydrogen-bond acceptors (Lipinski definition) is 3. The van der Waals surface area contributed by atoms with Crippen molar-refractivity contribution in [3.63, 3.8) is 0 Å². The Bertz CT molecular complexity index is 471. The number of piperazine rings is 1. The Morgan fingerprint density at radius 1 is 1.39 bits per heavy atom. The van der Waals surface area contributed by atoms with Crippen LogP contribution in [0.5, 0.6) is 0 Å². The molecular formula is C14H18FN3. The van der Waals surface area contributed by atoms with Crippen LogP contribution in [0.3, 0.4) is 0 Å². The highest BCUT2D eigenvalue weighted by Gasteiger charge is 2.22. The fourth-order valence-electron chi connectivity index (χ4n) is 2.43. The summed E-state index contributed by atoms with van der Waals surface area (Å²) in [6.45, 7) is 5.68. The molecule has 2 N–H and O–H groups in total. The average Bonchev–Trinajstić information content (AvgIpc) is 2.40. The first-order valence-electron chi connectivity index (χ1n) is 6.33. The molecule has 2 atom stereocenters. The SMILES string of the molecule is CCC1CN[C@H](c2ccc(F)c(C#N)c2C)CN1. The third kappa shape index (κ3) is 2.38. The van der Waals surface area contributed by atoms with Gasteiger partial charge in [0, 0.05) is 25.2 Å². The minimum absolute atomic E-state index is 0.153. The van der Waals surface area contributed by atoms with Gasteiger partial charge in [0.2, 0.25) is 0 Å². The largest absolute Gasteiger partial charge is 0.311 e. The molecule has 96 valence electrons. The standard InChI is InChI=1S/C14H18FN3/c1-3-10-7-18-14(8-17-10)11-4-5-13(15)12(6-16)9(11)2/h4-5,10,14,17-18H,3,7-8H2,1-2H3/t10?,14-/m0/s1. The van der Waals surface area contributed by atoms with Gasteiger partial charge in [-0.2, -0.15) is 5.26 Å². The Labute approximate surface area is 107 Å². The van der Waals surface area contributed by atoms with Gasteiger partial charge in [0.15, 0.2) is 0 Å². The average molecular weight is 247 g/mol. The van der Waals surface area contributed by atoms with E-state index in [1.54, 1.807) is 6.07 Å². The van der Waals surface area contributed by atoms with Gasteiger partial charge in [0.05, 0.1) is 5.56 Å². The third-order valence-electron chi connectivity index (χ3n) is 3.66. The van der Waals surface area contributed by atoms with Crippen molar-refractivity contribution in [1.82, 2.24) is 10.6 Å². The molecule has 18 heavy (non-hydrogen) atoms. The molecule has 4 heteroatoms. The molecule has 3 nitrogen and oxygen atoms in total. The van der Waals surface area contributed by atoms with Crippen LogP contribution < -0.4 is 10.6 Å². The van der Waals surface area contributed by atoms with Crippen molar-refractivity contribution >= 4 is 0 Å². The number of hydrogen-bond donors (Lipinski definition) is 2. The summed E-state index contributed by atoms with van der Waals surface area (Å²) < 4.78 is 13.5. The van der Waals surface area contributed by atoms with Gasteiger partial charge in [0.1, 0.15) is 11.9 Å². The van der Waals surface area contributed by atoms with Crippen molar-refractivity contribution in [3.05, 3.63) is 34.6 Å². The van der Waals surface area contributed by atoms with Crippen LogP contribution in [-0.4, -0.2) is 19.1 Å². The normalized spacial score (nSPS) is 23.7. The molecule has 1 aliphatic heterocycles. The van der Waals surface area contributed by atoms with Crippen LogP contribution >= 0.6 is 0 Å². The van der Waals surface area contributed by atoms with Crippen molar-refractivity contribution < 1.29 is 4.39 Å². The van der Waals surface area contributed by atoms with Gasteiger partial charge in [-0.15, -0.1) is 0 Å². The molecule has 1 aromatic rings. The maximum absolute atomic E-state index is 13.5. The summed E-state index contributed by atoms with van der Waals surface area (Å²) in [6.07, 6.45) is 1.09. The van der Waals surface area contributed by atoms with Crippen molar-refractivity contribution in [2.75, 3.05) is 13.1 Å². The minimum atomic E-state index is -0.436. The molecule has 1 aromatic carbocycles. The fraction of sp³-hybridized carbons (Fsp3) is 0.500. The topological polar surface area (TPSA) is 47.9 Å². The van der Waals surface area contributed by atoms with Crippen LogP contribution in [0, 0.1) is 24.1 Å². The van der Waals surface area contributed by atoms with Crippen LogP contribution in [0.25, 0.3) is 0 Å². The van der Waals surface area contributed by atoms with E-state index < -0.39 is 5.82 Å². The number of rotatable bonds is 2. The minimum Gasteiger partial charge on any atom is -0.311 e. The number of benzene rings is 1. The summed E-state index contributed by atoms with van der Waals surface area (Å²) in [7, 11) is 0. The lowest BCUT2D eigenvalue weighted by Crippen LogP contribution is -2.49. The zero-order chi connectivity index (χ0) is 13.1.